The Morgan fingerprint density at radius 2 is 1.81 bits per heavy atom. The Morgan fingerprint density at radius 1 is 1.19 bits per heavy atom. The monoisotopic (exact) mass is 224 g/mol. The van der Waals surface area contributed by atoms with Crippen LogP contribution in [0.5, 0.6) is 0 Å². The van der Waals surface area contributed by atoms with Crippen molar-refractivity contribution >= 4 is 11.9 Å². The third-order valence-electron chi connectivity index (χ3n) is 2.52. The van der Waals surface area contributed by atoms with E-state index in [4.69, 9.17) is 9.84 Å². The second kappa shape index (κ2) is 6.10. The lowest BCUT2D eigenvalue weighted by atomic mass is 9.98. The van der Waals surface area contributed by atoms with Crippen LogP contribution in [0, 0.1) is 0 Å². The van der Waals surface area contributed by atoms with Gasteiger partial charge in [-0.25, -0.2) is 9.59 Å². The molecule has 1 aliphatic rings. The average molecular weight is 224 g/mol. The van der Waals surface area contributed by atoms with Crippen LogP contribution in [0.15, 0.2) is 24.3 Å². The molecule has 0 aliphatic heterocycles. The number of rotatable bonds is 4. The topological polar surface area (TPSA) is 63.6 Å². The number of esters is 1. The minimum absolute atomic E-state index is 0.0313. The highest BCUT2D eigenvalue weighted by molar-refractivity contribution is 5.93. The zero-order chi connectivity index (χ0) is 12.0. The van der Waals surface area contributed by atoms with E-state index in [2.05, 4.69) is 6.58 Å². The number of carbonyl (C=O) groups is 2. The van der Waals surface area contributed by atoms with Crippen molar-refractivity contribution in [3.8, 4) is 0 Å². The van der Waals surface area contributed by atoms with Crippen molar-refractivity contribution in [3.05, 3.63) is 24.3 Å². The number of carboxylic acid groups (broad SMARTS) is 1. The predicted octanol–water partition coefficient (Wildman–Crippen LogP) is 2.06. The van der Waals surface area contributed by atoms with Gasteiger partial charge in [-0.05, 0) is 31.8 Å². The van der Waals surface area contributed by atoms with Gasteiger partial charge in [0.25, 0.3) is 0 Å². The van der Waals surface area contributed by atoms with E-state index in [0.29, 0.717) is 0 Å². The van der Waals surface area contributed by atoms with Crippen LogP contribution in [-0.2, 0) is 14.3 Å². The van der Waals surface area contributed by atoms with E-state index in [0.717, 1.165) is 37.8 Å². The summed E-state index contributed by atoms with van der Waals surface area (Å²) >= 11 is 0. The maximum Gasteiger partial charge on any atom is 0.337 e. The molecule has 1 fully saturated rings. The molecule has 0 spiro atoms. The molecule has 0 heterocycles. The minimum atomic E-state index is -1.10. The lowest BCUT2D eigenvalue weighted by Gasteiger charge is -2.21. The van der Waals surface area contributed by atoms with Gasteiger partial charge in [0.2, 0.25) is 0 Å². The van der Waals surface area contributed by atoms with Gasteiger partial charge in [-0.2, -0.15) is 0 Å². The molecular formula is C12H16O4. The quantitative estimate of drug-likeness (QED) is 0.451. The normalized spacial score (nSPS) is 17.2. The first-order valence-corrected chi connectivity index (χ1v) is 5.40. The van der Waals surface area contributed by atoms with E-state index < -0.39 is 11.9 Å². The molecule has 0 aromatic rings. The van der Waals surface area contributed by atoms with Crippen LogP contribution in [0.25, 0.3) is 0 Å². The number of carbonyl (C=O) groups excluding carboxylic acids is 1. The second-order valence-corrected chi connectivity index (χ2v) is 3.86. The maximum absolute atomic E-state index is 11.5. The van der Waals surface area contributed by atoms with Gasteiger partial charge in [0.05, 0.1) is 5.57 Å². The van der Waals surface area contributed by atoms with E-state index in [1.54, 1.807) is 0 Å². The molecule has 0 aromatic heterocycles. The van der Waals surface area contributed by atoms with Crippen molar-refractivity contribution in [2.75, 3.05) is 0 Å². The largest absolute Gasteiger partial charge is 0.478 e. The summed E-state index contributed by atoms with van der Waals surface area (Å²) in [4.78, 5) is 21.7. The van der Waals surface area contributed by atoms with Gasteiger partial charge >= 0.3 is 11.9 Å². The number of carboxylic acids is 1. The first-order valence-electron chi connectivity index (χ1n) is 5.40. The first kappa shape index (κ1) is 12.5. The van der Waals surface area contributed by atoms with Crippen molar-refractivity contribution < 1.29 is 19.4 Å². The second-order valence-electron chi connectivity index (χ2n) is 3.86. The van der Waals surface area contributed by atoms with Crippen LogP contribution in [0.2, 0.25) is 0 Å². The summed E-state index contributed by atoms with van der Waals surface area (Å²) < 4.78 is 5.20. The average Bonchev–Trinajstić information content (AvgIpc) is 2.27. The highest BCUT2D eigenvalue weighted by Crippen LogP contribution is 2.21. The van der Waals surface area contributed by atoms with E-state index in [1.807, 2.05) is 0 Å². The summed E-state index contributed by atoms with van der Waals surface area (Å²) in [6.45, 7) is 3.47. The molecule has 0 atom stereocenters. The highest BCUT2D eigenvalue weighted by atomic mass is 16.5. The Kier molecular flexibility index (Phi) is 4.76. The molecule has 16 heavy (non-hydrogen) atoms. The van der Waals surface area contributed by atoms with Gasteiger partial charge in [0, 0.05) is 6.08 Å². The van der Waals surface area contributed by atoms with Crippen LogP contribution < -0.4 is 0 Å². The summed E-state index contributed by atoms with van der Waals surface area (Å²) in [7, 11) is 0. The van der Waals surface area contributed by atoms with Gasteiger partial charge in [-0.3, -0.25) is 0 Å². The summed E-state index contributed by atoms with van der Waals surface area (Å²) in [5, 5.41) is 8.39. The zero-order valence-corrected chi connectivity index (χ0v) is 9.15. The van der Waals surface area contributed by atoms with Gasteiger partial charge < -0.3 is 9.84 Å². The molecule has 0 amide bonds. The molecule has 4 nitrogen and oxygen atoms in total. The number of hydrogen-bond acceptors (Lipinski definition) is 3. The number of aliphatic carboxylic acids is 1. The van der Waals surface area contributed by atoms with Crippen LogP contribution >= 0.6 is 0 Å². The Hall–Kier alpha value is -1.58. The molecule has 0 bridgehead atoms. The van der Waals surface area contributed by atoms with Crippen LogP contribution in [0.3, 0.4) is 0 Å². The molecule has 0 saturated heterocycles. The number of hydrogen-bond donors (Lipinski definition) is 1. The summed E-state index contributed by atoms with van der Waals surface area (Å²) in [6, 6.07) is 0. The highest BCUT2D eigenvalue weighted by Gasteiger charge is 2.18. The Bertz CT molecular complexity index is 311. The van der Waals surface area contributed by atoms with E-state index >= 15 is 0 Å². The summed E-state index contributed by atoms with van der Waals surface area (Å²) in [6.07, 6.45) is 7.14. The lowest BCUT2D eigenvalue weighted by Crippen LogP contribution is -2.21. The molecule has 4 heteroatoms. The van der Waals surface area contributed by atoms with Gasteiger partial charge in [-0.1, -0.05) is 13.0 Å². The molecule has 1 aliphatic carbocycles. The standard InChI is InChI=1S/C12H16O4/c1-9(7-8-11(13)14)12(15)16-10-5-3-2-4-6-10/h7-8,10H,1-6H2,(H,13,14). The molecule has 0 unspecified atom stereocenters. The smallest absolute Gasteiger partial charge is 0.337 e. The van der Waals surface area contributed by atoms with Crippen molar-refractivity contribution in [3.63, 3.8) is 0 Å². The molecule has 1 N–H and O–H groups in total. The fourth-order valence-electron chi connectivity index (χ4n) is 1.65. The summed E-state index contributed by atoms with van der Waals surface area (Å²) in [5.74, 6) is -1.63. The maximum atomic E-state index is 11.5. The van der Waals surface area contributed by atoms with Gasteiger partial charge in [-0.15, -0.1) is 0 Å². The molecule has 1 rings (SSSR count). The van der Waals surface area contributed by atoms with Crippen molar-refractivity contribution in [1.82, 2.24) is 0 Å². The van der Waals surface area contributed by atoms with Crippen molar-refractivity contribution in [2.24, 2.45) is 0 Å². The summed E-state index contributed by atoms with van der Waals surface area (Å²) in [5.41, 5.74) is 0.0768. The zero-order valence-electron chi connectivity index (χ0n) is 9.15. The predicted molar refractivity (Wildman–Crippen MR) is 58.9 cm³/mol. The van der Waals surface area contributed by atoms with Gasteiger partial charge in [0.15, 0.2) is 0 Å². The fraction of sp³-hybridized carbons (Fsp3) is 0.500. The van der Waals surface area contributed by atoms with Crippen LogP contribution in [0.1, 0.15) is 32.1 Å². The Morgan fingerprint density at radius 3 is 2.38 bits per heavy atom. The van der Waals surface area contributed by atoms with Crippen molar-refractivity contribution in [2.45, 2.75) is 38.2 Å². The first-order chi connectivity index (χ1) is 7.59. The third kappa shape index (κ3) is 4.29. The van der Waals surface area contributed by atoms with Gasteiger partial charge in [0.1, 0.15) is 6.10 Å². The molecule has 0 aromatic carbocycles. The molecular weight excluding hydrogens is 208 g/mol. The van der Waals surface area contributed by atoms with Crippen LogP contribution in [-0.4, -0.2) is 23.1 Å². The lowest BCUT2D eigenvalue weighted by molar-refractivity contribution is -0.145. The number of ether oxygens (including phenoxy) is 1. The SMILES string of the molecule is C=C(C=CC(=O)O)C(=O)OC1CCCCC1. The molecule has 1 saturated carbocycles. The fourth-order valence-corrected chi connectivity index (χ4v) is 1.65. The minimum Gasteiger partial charge on any atom is -0.478 e. The van der Waals surface area contributed by atoms with Crippen molar-refractivity contribution in [1.29, 1.82) is 0 Å². The van der Waals surface area contributed by atoms with E-state index in [1.165, 1.54) is 6.42 Å². The van der Waals surface area contributed by atoms with Crippen LogP contribution in [0.4, 0.5) is 0 Å². The Balaban J connectivity index is 2.38. The van der Waals surface area contributed by atoms with E-state index in [9.17, 15) is 9.59 Å². The molecule has 88 valence electrons. The third-order valence-corrected chi connectivity index (χ3v) is 2.52. The molecule has 0 radical (unpaired) electrons. The Labute approximate surface area is 94.6 Å². The van der Waals surface area contributed by atoms with E-state index in [-0.39, 0.29) is 11.7 Å².